The van der Waals surface area contributed by atoms with Gasteiger partial charge in [0.2, 0.25) is 0 Å². The molecule has 3 nitrogen and oxygen atoms in total. The van der Waals surface area contributed by atoms with E-state index in [1.807, 2.05) is 7.05 Å². The van der Waals surface area contributed by atoms with E-state index in [-0.39, 0.29) is 6.04 Å². The summed E-state index contributed by atoms with van der Waals surface area (Å²) in [4.78, 5) is 2.14. The van der Waals surface area contributed by atoms with Gasteiger partial charge < -0.3 is 0 Å². The zero-order valence-corrected chi connectivity index (χ0v) is 11.9. The number of nitrogens with two attached hydrogens (primary N) is 1. The largest absolute Gasteiger partial charge is 0.300 e. The van der Waals surface area contributed by atoms with Crippen molar-refractivity contribution >= 4 is 11.8 Å². The lowest BCUT2D eigenvalue weighted by atomic mass is 9.97. The quantitative estimate of drug-likeness (QED) is 0.657. The van der Waals surface area contributed by atoms with Gasteiger partial charge >= 0.3 is 0 Å². The molecule has 1 saturated heterocycles. The number of hydrogen-bond acceptors (Lipinski definition) is 4. The van der Waals surface area contributed by atoms with Crippen molar-refractivity contribution in [3.05, 3.63) is 34.9 Å². The second-order valence-electron chi connectivity index (χ2n) is 4.87. The molecule has 19 heavy (non-hydrogen) atoms. The van der Waals surface area contributed by atoms with Crippen molar-refractivity contribution in [1.82, 2.24) is 10.3 Å². The van der Waals surface area contributed by atoms with E-state index in [0.717, 1.165) is 18.1 Å². The van der Waals surface area contributed by atoms with Gasteiger partial charge in [0.1, 0.15) is 0 Å². The van der Waals surface area contributed by atoms with Gasteiger partial charge in [0.25, 0.3) is 0 Å². The monoisotopic (exact) mass is 287 g/mol. The molecule has 2 atom stereocenters. The summed E-state index contributed by atoms with van der Waals surface area (Å²) in [6.45, 7) is 2.47. The van der Waals surface area contributed by atoms with E-state index in [1.165, 1.54) is 0 Å². The van der Waals surface area contributed by atoms with Gasteiger partial charge in [-0.2, -0.15) is 11.8 Å². The van der Waals surface area contributed by atoms with Gasteiger partial charge in [-0.25, -0.2) is 8.78 Å². The maximum Gasteiger partial charge on any atom is 0.163 e. The Balaban J connectivity index is 2.34. The van der Waals surface area contributed by atoms with Crippen molar-refractivity contribution in [2.75, 3.05) is 25.1 Å². The van der Waals surface area contributed by atoms with Crippen molar-refractivity contribution in [3.8, 4) is 0 Å². The Morgan fingerprint density at radius 1 is 1.42 bits per heavy atom. The summed E-state index contributed by atoms with van der Waals surface area (Å²) in [7, 11) is 1.98. The van der Waals surface area contributed by atoms with Crippen LogP contribution in [-0.4, -0.2) is 36.0 Å². The van der Waals surface area contributed by atoms with E-state index < -0.39 is 17.7 Å². The molecule has 0 aromatic heterocycles. The minimum Gasteiger partial charge on any atom is -0.300 e. The first kappa shape index (κ1) is 14.7. The average molecular weight is 287 g/mol. The summed E-state index contributed by atoms with van der Waals surface area (Å²) in [5.74, 6) is 5.89. The number of halogens is 2. The second-order valence-corrected chi connectivity index (χ2v) is 6.02. The molecule has 1 aliphatic rings. The zero-order valence-electron chi connectivity index (χ0n) is 11.1. The van der Waals surface area contributed by atoms with Crippen molar-refractivity contribution in [1.29, 1.82) is 0 Å². The van der Waals surface area contributed by atoms with Crippen molar-refractivity contribution in [2.24, 2.45) is 5.84 Å². The predicted molar refractivity (Wildman–Crippen MR) is 74.9 cm³/mol. The molecule has 2 rings (SSSR count). The highest BCUT2D eigenvalue weighted by atomic mass is 32.2. The number of nitrogens with one attached hydrogen (secondary N) is 1. The van der Waals surface area contributed by atoms with E-state index in [4.69, 9.17) is 5.84 Å². The Labute approximate surface area is 116 Å². The van der Waals surface area contributed by atoms with Crippen LogP contribution in [0.5, 0.6) is 0 Å². The molecule has 1 aromatic carbocycles. The summed E-state index contributed by atoms with van der Waals surface area (Å²) in [5, 5.41) is 0. The molecule has 1 aromatic rings. The van der Waals surface area contributed by atoms with Crippen LogP contribution in [0.4, 0.5) is 8.78 Å². The summed E-state index contributed by atoms with van der Waals surface area (Å²) >= 11 is 1.80. The molecular weight excluding hydrogens is 268 g/mol. The molecule has 0 bridgehead atoms. The number of rotatable bonds is 3. The van der Waals surface area contributed by atoms with Gasteiger partial charge in [0.15, 0.2) is 11.6 Å². The van der Waals surface area contributed by atoms with Crippen molar-refractivity contribution in [3.63, 3.8) is 0 Å². The van der Waals surface area contributed by atoms with Crippen LogP contribution in [0.15, 0.2) is 12.1 Å². The average Bonchev–Trinajstić information content (AvgIpc) is 2.41. The molecule has 6 heteroatoms. The van der Waals surface area contributed by atoms with E-state index in [2.05, 4.69) is 10.3 Å². The molecule has 2 unspecified atom stereocenters. The Kier molecular flexibility index (Phi) is 4.78. The molecule has 0 spiro atoms. The van der Waals surface area contributed by atoms with Gasteiger partial charge in [-0.05, 0) is 19.5 Å². The first-order valence-electron chi connectivity index (χ1n) is 6.25. The highest BCUT2D eigenvalue weighted by Crippen LogP contribution is 2.29. The number of hydrogen-bond donors (Lipinski definition) is 2. The van der Waals surface area contributed by atoms with Crippen molar-refractivity contribution < 1.29 is 8.78 Å². The first-order valence-corrected chi connectivity index (χ1v) is 7.40. The topological polar surface area (TPSA) is 41.3 Å². The van der Waals surface area contributed by atoms with E-state index in [0.29, 0.717) is 11.1 Å². The fraction of sp³-hybridized carbons (Fsp3) is 0.538. The number of thioether (sulfide) groups is 1. The van der Waals surface area contributed by atoms with Crippen LogP contribution in [0.25, 0.3) is 0 Å². The standard InChI is InChI=1S/C13H19F2N3S/c1-8-3-4-9(12(15)11(8)14)13(17-16)10-7-19-6-5-18(10)2/h3-4,10,13,17H,5-7,16H2,1-2H3. The number of benzene rings is 1. The normalized spacial score (nSPS) is 22.5. The molecule has 0 saturated carbocycles. The fourth-order valence-electron chi connectivity index (χ4n) is 2.37. The van der Waals surface area contributed by atoms with Gasteiger partial charge in [-0.15, -0.1) is 0 Å². The number of aryl methyl sites for hydroxylation is 1. The Hall–Kier alpha value is -0.690. The van der Waals surface area contributed by atoms with Crippen LogP contribution in [0, 0.1) is 18.6 Å². The number of nitrogens with zero attached hydrogens (tertiary/aromatic N) is 1. The third-order valence-corrected chi connectivity index (χ3v) is 4.70. The van der Waals surface area contributed by atoms with Crippen LogP contribution < -0.4 is 11.3 Å². The smallest absolute Gasteiger partial charge is 0.163 e. The van der Waals surface area contributed by atoms with Gasteiger partial charge in [0, 0.05) is 29.7 Å². The fourth-order valence-corrected chi connectivity index (χ4v) is 3.64. The molecule has 3 N–H and O–H groups in total. The van der Waals surface area contributed by atoms with Crippen LogP contribution in [0.1, 0.15) is 17.2 Å². The Morgan fingerprint density at radius 3 is 2.79 bits per heavy atom. The molecule has 1 fully saturated rings. The van der Waals surface area contributed by atoms with Crippen LogP contribution in [0.2, 0.25) is 0 Å². The molecule has 0 aliphatic carbocycles. The van der Waals surface area contributed by atoms with E-state index in [1.54, 1.807) is 30.8 Å². The highest BCUT2D eigenvalue weighted by Gasteiger charge is 2.31. The summed E-state index contributed by atoms with van der Waals surface area (Å²) in [6.07, 6.45) is 0. The van der Waals surface area contributed by atoms with Gasteiger partial charge in [0.05, 0.1) is 6.04 Å². The molecule has 106 valence electrons. The lowest BCUT2D eigenvalue weighted by Crippen LogP contribution is -2.49. The molecular formula is C13H19F2N3S. The lowest BCUT2D eigenvalue weighted by molar-refractivity contribution is 0.213. The lowest BCUT2D eigenvalue weighted by Gasteiger charge is -2.37. The predicted octanol–water partition coefficient (Wildman–Crippen LogP) is 1.82. The van der Waals surface area contributed by atoms with E-state index in [9.17, 15) is 8.78 Å². The number of hydrazine groups is 1. The third kappa shape index (κ3) is 2.91. The Morgan fingerprint density at radius 2 is 2.16 bits per heavy atom. The van der Waals surface area contributed by atoms with Crippen LogP contribution in [0.3, 0.4) is 0 Å². The zero-order chi connectivity index (χ0) is 14.0. The maximum absolute atomic E-state index is 14.1. The minimum absolute atomic E-state index is 0.0559. The maximum atomic E-state index is 14.1. The Bertz CT molecular complexity index is 456. The molecule has 0 radical (unpaired) electrons. The van der Waals surface area contributed by atoms with Crippen LogP contribution >= 0.6 is 11.8 Å². The summed E-state index contributed by atoms with van der Waals surface area (Å²) in [5.41, 5.74) is 3.25. The highest BCUT2D eigenvalue weighted by molar-refractivity contribution is 7.99. The first-order chi connectivity index (χ1) is 9.06. The van der Waals surface area contributed by atoms with Gasteiger partial charge in [-0.1, -0.05) is 12.1 Å². The second kappa shape index (κ2) is 6.17. The SMILES string of the molecule is Cc1ccc(C(NN)C2CSCCN2C)c(F)c1F. The van der Waals surface area contributed by atoms with Crippen LogP contribution in [-0.2, 0) is 0 Å². The van der Waals surface area contributed by atoms with Gasteiger partial charge in [-0.3, -0.25) is 16.2 Å². The minimum atomic E-state index is -0.799. The van der Waals surface area contributed by atoms with E-state index >= 15 is 0 Å². The summed E-state index contributed by atoms with van der Waals surface area (Å²) in [6, 6.07) is 2.85. The number of likely N-dealkylation sites (N-methyl/N-ethyl adjacent to an activating group) is 1. The third-order valence-electron chi connectivity index (χ3n) is 3.65. The molecule has 1 heterocycles. The molecule has 1 aliphatic heterocycles. The van der Waals surface area contributed by atoms with Crippen molar-refractivity contribution in [2.45, 2.75) is 19.0 Å². The summed E-state index contributed by atoms with van der Waals surface area (Å²) < 4.78 is 27.8. The molecule has 0 amide bonds.